The molecule has 4 heteroatoms. The number of nitro benzene ring substituents is 1. The van der Waals surface area contributed by atoms with Crippen LogP contribution in [0.25, 0.3) is 6.08 Å². The molecule has 0 aliphatic carbocycles. The van der Waals surface area contributed by atoms with Crippen molar-refractivity contribution in [1.29, 1.82) is 0 Å². The van der Waals surface area contributed by atoms with Gasteiger partial charge in [0, 0.05) is 12.7 Å². The van der Waals surface area contributed by atoms with Crippen LogP contribution in [0.1, 0.15) is 17.5 Å². The van der Waals surface area contributed by atoms with Crippen LogP contribution in [0.2, 0.25) is 0 Å². The molecule has 0 amide bonds. The molecular formula is C11H13NO3. The van der Waals surface area contributed by atoms with E-state index in [1.807, 2.05) is 13.0 Å². The molecule has 0 spiro atoms. The lowest BCUT2D eigenvalue weighted by Crippen LogP contribution is -1.92. The molecule has 0 aliphatic heterocycles. The minimum absolute atomic E-state index is 0.0517. The Bertz CT molecular complexity index is 385. The second-order valence-electron chi connectivity index (χ2n) is 3.23. The lowest BCUT2D eigenvalue weighted by Gasteiger charge is -1.98. The number of hydrogen-bond donors (Lipinski definition) is 1. The average molecular weight is 207 g/mol. The van der Waals surface area contributed by atoms with Crippen LogP contribution in [0.3, 0.4) is 0 Å². The number of aryl methyl sites for hydroxylation is 1. The van der Waals surface area contributed by atoms with Gasteiger partial charge in [0.15, 0.2) is 0 Å². The highest BCUT2D eigenvalue weighted by Crippen LogP contribution is 2.21. The van der Waals surface area contributed by atoms with Gasteiger partial charge in [-0.15, -0.1) is 0 Å². The minimum atomic E-state index is -0.397. The first-order chi connectivity index (χ1) is 7.15. The van der Waals surface area contributed by atoms with E-state index in [4.69, 9.17) is 5.11 Å². The highest BCUT2D eigenvalue weighted by atomic mass is 16.6. The second-order valence-corrected chi connectivity index (χ2v) is 3.23. The largest absolute Gasteiger partial charge is 0.396 e. The minimum Gasteiger partial charge on any atom is -0.396 e. The fourth-order valence-electron chi connectivity index (χ4n) is 1.24. The summed E-state index contributed by atoms with van der Waals surface area (Å²) in [5.41, 5.74) is 1.53. The van der Waals surface area contributed by atoms with Gasteiger partial charge in [-0.05, 0) is 25.0 Å². The molecule has 0 unspecified atom stereocenters. The Morgan fingerprint density at radius 2 is 2.27 bits per heavy atom. The summed E-state index contributed by atoms with van der Waals surface area (Å²) in [6, 6.07) is 5.07. The fourth-order valence-corrected chi connectivity index (χ4v) is 1.24. The molecule has 0 heterocycles. The molecule has 0 atom stereocenters. The molecule has 0 saturated heterocycles. The van der Waals surface area contributed by atoms with Crippen LogP contribution in [0, 0.1) is 17.0 Å². The summed E-state index contributed by atoms with van der Waals surface area (Å²) >= 11 is 0. The zero-order valence-corrected chi connectivity index (χ0v) is 8.51. The summed E-state index contributed by atoms with van der Waals surface area (Å²) < 4.78 is 0. The summed E-state index contributed by atoms with van der Waals surface area (Å²) in [6.45, 7) is 1.87. The van der Waals surface area contributed by atoms with E-state index in [1.54, 1.807) is 24.3 Å². The lowest BCUT2D eigenvalue weighted by molar-refractivity contribution is -0.385. The van der Waals surface area contributed by atoms with Crippen LogP contribution < -0.4 is 0 Å². The van der Waals surface area contributed by atoms with Gasteiger partial charge < -0.3 is 5.11 Å². The number of hydrogen-bond acceptors (Lipinski definition) is 3. The first-order valence-corrected chi connectivity index (χ1v) is 4.67. The monoisotopic (exact) mass is 207 g/mol. The SMILES string of the molecule is Cc1ccc(C=CCCO)c([N+](=O)[O-])c1. The fraction of sp³-hybridized carbons (Fsp3) is 0.273. The molecule has 0 radical (unpaired) electrons. The summed E-state index contributed by atoms with van der Waals surface area (Å²) in [5, 5.41) is 19.3. The summed E-state index contributed by atoms with van der Waals surface area (Å²) in [7, 11) is 0. The zero-order valence-electron chi connectivity index (χ0n) is 8.51. The van der Waals surface area contributed by atoms with E-state index < -0.39 is 4.92 Å². The Morgan fingerprint density at radius 3 is 2.87 bits per heavy atom. The van der Waals surface area contributed by atoms with Crippen molar-refractivity contribution in [3.05, 3.63) is 45.5 Å². The van der Waals surface area contributed by atoms with Gasteiger partial charge in [-0.1, -0.05) is 18.2 Å². The Morgan fingerprint density at radius 1 is 1.53 bits per heavy atom. The van der Waals surface area contributed by atoms with Gasteiger partial charge in [0.1, 0.15) is 0 Å². The number of benzene rings is 1. The molecule has 1 aromatic carbocycles. The van der Waals surface area contributed by atoms with Crippen molar-refractivity contribution in [3.8, 4) is 0 Å². The molecule has 1 aromatic rings. The molecule has 0 saturated carbocycles. The molecule has 0 bridgehead atoms. The number of nitrogens with zero attached hydrogens (tertiary/aromatic N) is 1. The Kier molecular flexibility index (Phi) is 4.00. The first kappa shape index (κ1) is 11.4. The third-order valence-electron chi connectivity index (χ3n) is 1.98. The number of nitro groups is 1. The van der Waals surface area contributed by atoms with E-state index in [0.717, 1.165) is 5.56 Å². The predicted octanol–water partition coefficient (Wildman–Crippen LogP) is 2.30. The van der Waals surface area contributed by atoms with Gasteiger partial charge >= 0.3 is 0 Å². The van der Waals surface area contributed by atoms with Crippen molar-refractivity contribution in [2.75, 3.05) is 6.61 Å². The molecule has 4 nitrogen and oxygen atoms in total. The summed E-state index contributed by atoms with van der Waals surface area (Å²) in [4.78, 5) is 10.3. The molecule has 0 fully saturated rings. The van der Waals surface area contributed by atoms with Crippen LogP contribution in [0.5, 0.6) is 0 Å². The van der Waals surface area contributed by atoms with Crippen molar-refractivity contribution >= 4 is 11.8 Å². The van der Waals surface area contributed by atoms with Crippen LogP contribution in [-0.2, 0) is 0 Å². The quantitative estimate of drug-likeness (QED) is 0.608. The molecule has 1 N–H and O–H groups in total. The highest BCUT2D eigenvalue weighted by molar-refractivity contribution is 5.61. The maximum atomic E-state index is 10.7. The predicted molar refractivity (Wildman–Crippen MR) is 58.6 cm³/mol. The zero-order chi connectivity index (χ0) is 11.3. The molecule has 1 rings (SSSR count). The molecule has 0 aromatic heterocycles. The molecule has 15 heavy (non-hydrogen) atoms. The normalized spacial score (nSPS) is 10.8. The van der Waals surface area contributed by atoms with Crippen LogP contribution >= 0.6 is 0 Å². The second kappa shape index (κ2) is 5.26. The van der Waals surface area contributed by atoms with Crippen LogP contribution in [0.4, 0.5) is 5.69 Å². The smallest absolute Gasteiger partial charge is 0.276 e. The van der Waals surface area contributed by atoms with Gasteiger partial charge in [0.25, 0.3) is 5.69 Å². The highest BCUT2D eigenvalue weighted by Gasteiger charge is 2.10. The third-order valence-corrected chi connectivity index (χ3v) is 1.98. The van der Waals surface area contributed by atoms with Crippen molar-refractivity contribution in [2.45, 2.75) is 13.3 Å². The Labute approximate surface area is 88.0 Å². The van der Waals surface area contributed by atoms with Gasteiger partial charge in [-0.2, -0.15) is 0 Å². The van der Waals surface area contributed by atoms with E-state index in [0.29, 0.717) is 12.0 Å². The average Bonchev–Trinajstić information content (AvgIpc) is 2.20. The maximum Gasteiger partial charge on any atom is 0.276 e. The van der Waals surface area contributed by atoms with Crippen molar-refractivity contribution < 1.29 is 10.0 Å². The number of aliphatic hydroxyl groups is 1. The Hall–Kier alpha value is -1.68. The lowest BCUT2D eigenvalue weighted by atomic mass is 10.1. The van der Waals surface area contributed by atoms with Crippen molar-refractivity contribution in [1.82, 2.24) is 0 Å². The van der Waals surface area contributed by atoms with E-state index in [-0.39, 0.29) is 12.3 Å². The standard InChI is InChI=1S/C11H13NO3/c1-9-5-6-10(4-2-3-7-13)11(8-9)12(14)15/h2,4-6,8,13H,3,7H2,1H3. The van der Waals surface area contributed by atoms with Crippen molar-refractivity contribution in [3.63, 3.8) is 0 Å². The van der Waals surface area contributed by atoms with Gasteiger partial charge in [-0.3, -0.25) is 10.1 Å². The van der Waals surface area contributed by atoms with E-state index >= 15 is 0 Å². The number of rotatable bonds is 4. The number of aliphatic hydroxyl groups excluding tert-OH is 1. The maximum absolute atomic E-state index is 10.7. The van der Waals surface area contributed by atoms with Crippen LogP contribution in [0.15, 0.2) is 24.3 Å². The van der Waals surface area contributed by atoms with E-state index in [1.165, 1.54) is 0 Å². The van der Waals surface area contributed by atoms with E-state index in [2.05, 4.69) is 0 Å². The molecule has 80 valence electrons. The third kappa shape index (κ3) is 3.18. The Balaban J connectivity index is 3.01. The first-order valence-electron chi connectivity index (χ1n) is 4.67. The van der Waals surface area contributed by atoms with Gasteiger partial charge in [-0.25, -0.2) is 0 Å². The van der Waals surface area contributed by atoms with E-state index in [9.17, 15) is 10.1 Å². The summed E-state index contributed by atoms with van der Waals surface area (Å²) in [5.74, 6) is 0. The topological polar surface area (TPSA) is 63.4 Å². The van der Waals surface area contributed by atoms with Crippen LogP contribution in [-0.4, -0.2) is 16.6 Å². The van der Waals surface area contributed by atoms with Gasteiger partial charge in [0.05, 0.1) is 10.5 Å². The van der Waals surface area contributed by atoms with Gasteiger partial charge in [0.2, 0.25) is 0 Å². The molecule has 0 aliphatic rings. The summed E-state index contributed by atoms with van der Waals surface area (Å²) in [6.07, 6.45) is 3.89. The molecular weight excluding hydrogens is 194 g/mol. The van der Waals surface area contributed by atoms with Crippen molar-refractivity contribution in [2.24, 2.45) is 0 Å².